The predicted molar refractivity (Wildman–Crippen MR) is 79.6 cm³/mol. The zero-order chi connectivity index (χ0) is 15.6. The molecule has 1 aliphatic rings. The Bertz CT molecular complexity index is 582. The molecular formula is C15H18ClNO4. The second-order valence-electron chi connectivity index (χ2n) is 4.89. The number of hydrogen-bond acceptors (Lipinski definition) is 4. The summed E-state index contributed by atoms with van der Waals surface area (Å²) in [5.74, 6) is 0.314. The number of likely N-dealkylation sites (tertiary alicyclic amines) is 1. The Balaban J connectivity index is 2.44. The quantitative estimate of drug-likeness (QED) is 0.799. The standard InChI is InChI=1S/C15H18ClNO4/c1-4-20-14-11(10(3)18)8-12(16)9(2)13(14)21-15(19)17-6-5-7-17/h8H,4-7H2,1-3H3. The summed E-state index contributed by atoms with van der Waals surface area (Å²) in [5.41, 5.74) is 0.901. The highest BCUT2D eigenvalue weighted by Gasteiger charge is 2.27. The van der Waals surface area contributed by atoms with Gasteiger partial charge in [0.15, 0.2) is 17.3 Å². The van der Waals surface area contributed by atoms with E-state index < -0.39 is 6.09 Å². The monoisotopic (exact) mass is 311 g/mol. The fourth-order valence-corrected chi connectivity index (χ4v) is 2.22. The number of ether oxygens (including phenoxy) is 2. The molecule has 0 radical (unpaired) electrons. The maximum atomic E-state index is 12.0. The molecule has 0 spiro atoms. The van der Waals surface area contributed by atoms with Gasteiger partial charge in [-0.3, -0.25) is 4.79 Å². The summed E-state index contributed by atoms with van der Waals surface area (Å²) in [6, 6.07) is 1.55. The van der Waals surface area contributed by atoms with Crippen LogP contribution in [0, 0.1) is 6.92 Å². The molecular weight excluding hydrogens is 294 g/mol. The van der Waals surface area contributed by atoms with Gasteiger partial charge in [-0.2, -0.15) is 0 Å². The van der Waals surface area contributed by atoms with Crippen molar-refractivity contribution in [2.75, 3.05) is 19.7 Å². The molecule has 21 heavy (non-hydrogen) atoms. The summed E-state index contributed by atoms with van der Waals surface area (Å²) in [4.78, 5) is 25.4. The summed E-state index contributed by atoms with van der Waals surface area (Å²) in [7, 11) is 0. The maximum absolute atomic E-state index is 12.0. The SMILES string of the molecule is CCOc1c(C(C)=O)cc(Cl)c(C)c1OC(=O)N1CCC1. The molecule has 0 atom stereocenters. The summed E-state index contributed by atoms with van der Waals surface area (Å²) in [5, 5.41) is 0.370. The Labute approximate surface area is 128 Å². The van der Waals surface area contributed by atoms with Crippen LogP contribution in [-0.4, -0.2) is 36.5 Å². The van der Waals surface area contributed by atoms with Crippen LogP contribution in [0.15, 0.2) is 6.07 Å². The van der Waals surface area contributed by atoms with E-state index in [-0.39, 0.29) is 17.3 Å². The van der Waals surface area contributed by atoms with E-state index in [1.807, 2.05) is 0 Å². The molecule has 0 unspecified atom stereocenters. The predicted octanol–water partition coefficient (Wildman–Crippen LogP) is 3.45. The largest absolute Gasteiger partial charge is 0.489 e. The Morgan fingerprint density at radius 3 is 2.48 bits per heavy atom. The van der Waals surface area contributed by atoms with Gasteiger partial charge in [0.25, 0.3) is 0 Å². The highest BCUT2D eigenvalue weighted by atomic mass is 35.5. The van der Waals surface area contributed by atoms with Crippen LogP contribution in [0.5, 0.6) is 11.5 Å². The van der Waals surface area contributed by atoms with Crippen LogP contribution < -0.4 is 9.47 Å². The second-order valence-corrected chi connectivity index (χ2v) is 5.29. The van der Waals surface area contributed by atoms with Gasteiger partial charge in [-0.15, -0.1) is 0 Å². The Morgan fingerprint density at radius 1 is 1.33 bits per heavy atom. The van der Waals surface area contributed by atoms with Crippen molar-refractivity contribution >= 4 is 23.5 Å². The summed E-state index contributed by atoms with van der Waals surface area (Å²) in [6.45, 7) is 6.67. The van der Waals surface area contributed by atoms with Gasteiger partial charge >= 0.3 is 6.09 Å². The van der Waals surface area contributed by atoms with Crippen LogP contribution in [-0.2, 0) is 0 Å². The Morgan fingerprint density at radius 2 is 2.00 bits per heavy atom. The first-order chi connectivity index (χ1) is 9.95. The lowest BCUT2D eigenvalue weighted by Gasteiger charge is -2.30. The minimum absolute atomic E-state index is 0.193. The van der Waals surface area contributed by atoms with E-state index in [0.29, 0.717) is 35.8 Å². The minimum Gasteiger partial charge on any atom is -0.489 e. The van der Waals surface area contributed by atoms with Gasteiger partial charge in [0, 0.05) is 23.7 Å². The lowest BCUT2D eigenvalue weighted by molar-refractivity contribution is 0.101. The van der Waals surface area contributed by atoms with Crippen LogP contribution in [0.2, 0.25) is 5.02 Å². The molecule has 6 heteroatoms. The number of carbonyl (C=O) groups excluding carboxylic acids is 2. The summed E-state index contributed by atoms with van der Waals surface area (Å²) < 4.78 is 11.0. The van der Waals surface area contributed by atoms with E-state index >= 15 is 0 Å². The number of rotatable bonds is 4. The molecule has 2 rings (SSSR count). The van der Waals surface area contributed by atoms with Gasteiger partial charge < -0.3 is 14.4 Å². The zero-order valence-electron chi connectivity index (χ0n) is 12.4. The molecule has 1 amide bonds. The van der Waals surface area contributed by atoms with Gasteiger partial charge in [-0.1, -0.05) is 11.6 Å². The molecule has 1 heterocycles. The molecule has 5 nitrogen and oxygen atoms in total. The molecule has 0 N–H and O–H groups in total. The van der Waals surface area contributed by atoms with E-state index in [1.165, 1.54) is 6.92 Å². The van der Waals surface area contributed by atoms with Crippen LogP contribution in [0.3, 0.4) is 0 Å². The second kappa shape index (κ2) is 6.35. The third kappa shape index (κ3) is 3.13. The molecule has 114 valence electrons. The average molecular weight is 312 g/mol. The average Bonchev–Trinajstić information content (AvgIpc) is 2.35. The van der Waals surface area contributed by atoms with E-state index in [4.69, 9.17) is 21.1 Å². The van der Waals surface area contributed by atoms with Crippen molar-refractivity contribution in [1.82, 2.24) is 4.90 Å². The fourth-order valence-electron chi connectivity index (χ4n) is 2.02. The third-order valence-electron chi connectivity index (χ3n) is 3.39. The van der Waals surface area contributed by atoms with Gasteiger partial charge in [-0.25, -0.2) is 4.79 Å². The van der Waals surface area contributed by atoms with Crippen LogP contribution in [0.25, 0.3) is 0 Å². The van der Waals surface area contributed by atoms with Gasteiger partial charge in [-0.05, 0) is 33.3 Å². The Kier molecular flexibility index (Phi) is 4.73. The number of amides is 1. The van der Waals surface area contributed by atoms with Crippen molar-refractivity contribution in [2.45, 2.75) is 27.2 Å². The van der Waals surface area contributed by atoms with Crippen LogP contribution in [0.1, 0.15) is 36.2 Å². The number of hydrogen-bond donors (Lipinski definition) is 0. The molecule has 1 aromatic rings. The number of ketones is 1. The first-order valence-electron chi connectivity index (χ1n) is 6.89. The molecule has 1 aliphatic heterocycles. The van der Waals surface area contributed by atoms with Crippen molar-refractivity contribution in [2.24, 2.45) is 0 Å². The normalized spacial score (nSPS) is 13.6. The first kappa shape index (κ1) is 15.6. The first-order valence-corrected chi connectivity index (χ1v) is 7.27. The van der Waals surface area contributed by atoms with Gasteiger partial charge in [0.2, 0.25) is 0 Å². The molecule has 1 aromatic carbocycles. The van der Waals surface area contributed by atoms with E-state index in [9.17, 15) is 9.59 Å². The molecule has 0 aliphatic carbocycles. The Hall–Kier alpha value is -1.75. The number of carbonyl (C=O) groups is 2. The molecule has 1 saturated heterocycles. The van der Waals surface area contributed by atoms with Crippen LogP contribution >= 0.6 is 11.6 Å². The molecule has 0 saturated carbocycles. The fraction of sp³-hybridized carbons (Fsp3) is 0.467. The van der Waals surface area contributed by atoms with E-state index in [1.54, 1.807) is 24.8 Å². The van der Waals surface area contributed by atoms with Crippen LogP contribution in [0.4, 0.5) is 4.79 Å². The maximum Gasteiger partial charge on any atom is 0.415 e. The van der Waals surface area contributed by atoms with Crippen molar-refractivity contribution in [3.63, 3.8) is 0 Å². The number of nitrogens with zero attached hydrogens (tertiary/aromatic N) is 1. The number of Topliss-reactive ketones (excluding diaryl/α,β-unsaturated/α-hetero) is 1. The van der Waals surface area contributed by atoms with E-state index in [2.05, 4.69) is 0 Å². The molecule has 0 aromatic heterocycles. The summed E-state index contributed by atoms with van der Waals surface area (Å²) in [6.07, 6.45) is 0.530. The van der Waals surface area contributed by atoms with Crippen molar-refractivity contribution in [3.8, 4) is 11.5 Å². The third-order valence-corrected chi connectivity index (χ3v) is 3.78. The van der Waals surface area contributed by atoms with Gasteiger partial charge in [0.05, 0.1) is 12.2 Å². The van der Waals surface area contributed by atoms with E-state index in [0.717, 1.165) is 6.42 Å². The smallest absolute Gasteiger partial charge is 0.415 e. The molecule has 1 fully saturated rings. The van der Waals surface area contributed by atoms with Gasteiger partial charge in [0.1, 0.15) is 0 Å². The van der Waals surface area contributed by atoms with Crippen molar-refractivity contribution in [3.05, 3.63) is 22.2 Å². The zero-order valence-corrected chi connectivity index (χ0v) is 13.1. The molecule has 0 bridgehead atoms. The van der Waals surface area contributed by atoms with Crippen molar-refractivity contribution in [1.29, 1.82) is 0 Å². The topological polar surface area (TPSA) is 55.8 Å². The number of halogens is 1. The highest BCUT2D eigenvalue weighted by molar-refractivity contribution is 6.32. The lowest BCUT2D eigenvalue weighted by atomic mass is 10.1. The van der Waals surface area contributed by atoms with Crippen molar-refractivity contribution < 1.29 is 19.1 Å². The highest BCUT2D eigenvalue weighted by Crippen LogP contribution is 2.40. The summed E-state index contributed by atoms with van der Waals surface area (Å²) >= 11 is 6.13. The lowest BCUT2D eigenvalue weighted by Crippen LogP contribution is -2.43. The minimum atomic E-state index is -0.443. The number of benzene rings is 1.